The maximum atomic E-state index is 3.85. The van der Waals surface area contributed by atoms with Gasteiger partial charge in [0.2, 0.25) is 0 Å². The fourth-order valence-corrected chi connectivity index (χ4v) is 3.01. The Morgan fingerprint density at radius 3 is 1.15 bits per heavy atom. The van der Waals surface area contributed by atoms with Crippen LogP contribution in [0.1, 0.15) is 64.8 Å². The highest BCUT2D eigenvalue weighted by atomic mass is 15.0. The third kappa shape index (κ3) is 6.93. The molecule has 2 N–H and O–H groups in total. The second-order valence-corrected chi connectivity index (χ2v) is 9.66. The van der Waals surface area contributed by atoms with Gasteiger partial charge in [-0.2, -0.15) is 0 Å². The van der Waals surface area contributed by atoms with Crippen molar-refractivity contribution in [2.24, 2.45) is 10.8 Å². The minimum absolute atomic E-state index is 0.222. The van der Waals surface area contributed by atoms with E-state index in [1.807, 2.05) is 0 Å². The Balaban J connectivity index is 2.36. The highest BCUT2D eigenvalue weighted by molar-refractivity contribution is 5.27. The lowest BCUT2D eigenvalue weighted by Gasteiger charge is -2.34. The van der Waals surface area contributed by atoms with Gasteiger partial charge in [-0.3, -0.25) is 0 Å². The van der Waals surface area contributed by atoms with E-state index in [4.69, 9.17) is 0 Å². The Morgan fingerprint density at radius 1 is 0.577 bits per heavy atom. The van der Waals surface area contributed by atoms with Crippen molar-refractivity contribution in [2.75, 3.05) is 13.1 Å². The molecule has 142 valence electrons. The van der Waals surface area contributed by atoms with Crippen LogP contribution in [0.5, 0.6) is 0 Å². The van der Waals surface area contributed by atoms with Crippen LogP contribution in [0, 0.1) is 10.8 Å². The molecule has 26 heavy (non-hydrogen) atoms. The topological polar surface area (TPSA) is 24.1 Å². The molecule has 0 radical (unpaired) electrons. The van der Waals surface area contributed by atoms with Crippen LogP contribution in [0.4, 0.5) is 0 Å². The van der Waals surface area contributed by atoms with E-state index in [1.165, 1.54) is 11.1 Å². The number of rotatable bonds is 7. The molecule has 0 aliphatic heterocycles. The van der Waals surface area contributed by atoms with Gasteiger partial charge in [-0.25, -0.2) is 0 Å². The third-order valence-corrected chi connectivity index (χ3v) is 4.36. The molecule has 2 aromatic rings. The average molecular weight is 353 g/mol. The van der Waals surface area contributed by atoms with Crippen molar-refractivity contribution in [3.8, 4) is 0 Å². The van der Waals surface area contributed by atoms with Crippen LogP contribution in [-0.2, 0) is 0 Å². The summed E-state index contributed by atoms with van der Waals surface area (Å²) in [5, 5.41) is 7.70. The standard InChI is InChI=1S/C24H36N2/c1-23(2,3)17-25-21(19-13-9-7-10-14-19)22(26-18-24(4,5)6)20-15-11-8-12-16-20/h7-16,21-22,25-26H,17-18H2,1-6H3/t21-,22-/m1/s1. The summed E-state index contributed by atoms with van der Waals surface area (Å²) in [5.41, 5.74) is 3.12. The van der Waals surface area contributed by atoms with Gasteiger partial charge in [-0.1, -0.05) is 102 Å². The predicted molar refractivity (Wildman–Crippen MR) is 113 cm³/mol. The lowest BCUT2D eigenvalue weighted by molar-refractivity contribution is 0.284. The van der Waals surface area contributed by atoms with Crippen LogP contribution in [-0.4, -0.2) is 13.1 Å². The molecule has 2 heteroatoms. The summed E-state index contributed by atoms with van der Waals surface area (Å²) in [6.45, 7) is 15.6. The van der Waals surface area contributed by atoms with E-state index in [2.05, 4.69) is 113 Å². The third-order valence-electron chi connectivity index (χ3n) is 4.36. The van der Waals surface area contributed by atoms with Crippen LogP contribution in [0.3, 0.4) is 0 Å². The summed E-state index contributed by atoms with van der Waals surface area (Å²) in [7, 11) is 0. The van der Waals surface area contributed by atoms with E-state index in [1.54, 1.807) is 0 Å². The quantitative estimate of drug-likeness (QED) is 0.664. The van der Waals surface area contributed by atoms with Gasteiger partial charge < -0.3 is 10.6 Å². The highest BCUT2D eigenvalue weighted by Crippen LogP contribution is 2.31. The zero-order chi connectivity index (χ0) is 19.2. The molecule has 0 saturated heterocycles. The van der Waals surface area contributed by atoms with Gasteiger partial charge in [0.1, 0.15) is 0 Å². The molecule has 0 aliphatic carbocycles. The Morgan fingerprint density at radius 2 is 0.885 bits per heavy atom. The van der Waals surface area contributed by atoms with Crippen LogP contribution in [0.25, 0.3) is 0 Å². The zero-order valence-electron chi connectivity index (χ0n) is 17.3. The van der Waals surface area contributed by atoms with Crippen molar-refractivity contribution in [2.45, 2.75) is 53.6 Å². The smallest absolute Gasteiger partial charge is 0.0518 e. The maximum Gasteiger partial charge on any atom is 0.0518 e. The van der Waals surface area contributed by atoms with Crippen LogP contribution in [0.2, 0.25) is 0 Å². The maximum absolute atomic E-state index is 3.85. The Hall–Kier alpha value is -1.64. The monoisotopic (exact) mass is 352 g/mol. The van der Waals surface area contributed by atoms with Crippen molar-refractivity contribution in [1.29, 1.82) is 0 Å². The van der Waals surface area contributed by atoms with Gasteiger partial charge in [-0.05, 0) is 22.0 Å². The number of hydrogen-bond acceptors (Lipinski definition) is 2. The normalized spacial score (nSPS) is 14.8. The van der Waals surface area contributed by atoms with E-state index in [0.29, 0.717) is 0 Å². The molecule has 0 amide bonds. The van der Waals surface area contributed by atoms with E-state index in [0.717, 1.165) is 13.1 Å². The first kappa shape index (κ1) is 20.7. The minimum Gasteiger partial charge on any atom is -0.308 e. The molecule has 0 spiro atoms. The molecule has 2 nitrogen and oxygen atoms in total. The van der Waals surface area contributed by atoms with Gasteiger partial charge in [-0.15, -0.1) is 0 Å². The molecule has 0 fully saturated rings. The summed E-state index contributed by atoms with van der Waals surface area (Å²) in [6.07, 6.45) is 0. The summed E-state index contributed by atoms with van der Waals surface area (Å²) in [4.78, 5) is 0. The zero-order valence-corrected chi connectivity index (χ0v) is 17.3. The first-order chi connectivity index (χ1) is 12.2. The van der Waals surface area contributed by atoms with Crippen molar-refractivity contribution in [3.05, 3.63) is 71.8 Å². The Kier molecular flexibility index (Phi) is 7.02. The number of benzene rings is 2. The van der Waals surface area contributed by atoms with Crippen molar-refractivity contribution >= 4 is 0 Å². The molecule has 0 aliphatic rings. The summed E-state index contributed by atoms with van der Waals surface area (Å²) in [5.74, 6) is 0. The molecule has 2 rings (SSSR count). The van der Waals surface area contributed by atoms with Crippen LogP contribution in [0.15, 0.2) is 60.7 Å². The van der Waals surface area contributed by atoms with Gasteiger partial charge in [0.15, 0.2) is 0 Å². The molecule has 2 aromatic carbocycles. The van der Waals surface area contributed by atoms with Crippen LogP contribution >= 0.6 is 0 Å². The van der Waals surface area contributed by atoms with Gasteiger partial charge in [0.25, 0.3) is 0 Å². The molecule has 0 unspecified atom stereocenters. The second kappa shape index (κ2) is 8.83. The van der Waals surface area contributed by atoms with Gasteiger partial charge >= 0.3 is 0 Å². The molecule has 0 heterocycles. The molecule has 0 aromatic heterocycles. The highest BCUT2D eigenvalue weighted by Gasteiger charge is 2.27. The van der Waals surface area contributed by atoms with Crippen molar-refractivity contribution in [1.82, 2.24) is 10.6 Å². The lowest BCUT2D eigenvalue weighted by Crippen LogP contribution is -2.41. The molecular formula is C24H36N2. The molecule has 0 bridgehead atoms. The molecule has 0 saturated carbocycles. The Bertz CT molecular complexity index is 576. The van der Waals surface area contributed by atoms with E-state index in [-0.39, 0.29) is 22.9 Å². The minimum atomic E-state index is 0.222. The second-order valence-electron chi connectivity index (χ2n) is 9.66. The summed E-state index contributed by atoms with van der Waals surface area (Å²) in [6, 6.07) is 22.1. The lowest BCUT2D eigenvalue weighted by atomic mass is 9.89. The van der Waals surface area contributed by atoms with Crippen molar-refractivity contribution in [3.63, 3.8) is 0 Å². The first-order valence-electron chi connectivity index (χ1n) is 9.72. The van der Waals surface area contributed by atoms with Gasteiger partial charge in [0, 0.05) is 13.1 Å². The number of hydrogen-bond donors (Lipinski definition) is 2. The summed E-state index contributed by atoms with van der Waals surface area (Å²) >= 11 is 0. The molecule has 2 atom stereocenters. The van der Waals surface area contributed by atoms with E-state index < -0.39 is 0 Å². The predicted octanol–water partition coefficient (Wildman–Crippen LogP) is 5.74. The molecular weight excluding hydrogens is 316 g/mol. The number of nitrogens with one attached hydrogen (secondary N) is 2. The largest absolute Gasteiger partial charge is 0.308 e. The van der Waals surface area contributed by atoms with E-state index >= 15 is 0 Å². The average Bonchev–Trinajstić information content (AvgIpc) is 2.57. The van der Waals surface area contributed by atoms with Crippen LogP contribution < -0.4 is 10.6 Å². The van der Waals surface area contributed by atoms with Gasteiger partial charge in [0.05, 0.1) is 12.1 Å². The van der Waals surface area contributed by atoms with Crippen molar-refractivity contribution < 1.29 is 0 Å². The fraction of sp³-hybridized carbons (Fsp3) is 0.500. The fourth-order valence-electron chi connectivity index (χ4n) is 3.01. The Labute approximate surface area is 160 Å². The first-order valence-corrected chi connectivity index (χ1v) is 9.72. The SMILES string of the molecule is CC(C)(C)CN[C@H](c1ccccc1)[C@H](NCC(C)(C)C)c1ccccc1. The summed E-state index contributed by atoms with van der Waals surface area (Å²) < 4.78 is 0. The van der Waals surface area contributed by atoms with E-state index in [9.17, 15) is 0 Å².